The molecule has 0 spiro atoms. The SMILES string of the molecule is Cc1ccc(N2C[C@H](C)C[C@H](C)C2)nc1C(C)C. The summed E-state index contributed by atoms with van der Waals surface area (Å²) in [4.78, 5) is 7.35. The van der Waals surface area contributed by atoms with Gasteiger partial charge in [-0.2, -0.15) is 0 Å². The van der Waals surface area contributed by atoms with Crippen LogP contribution in [0.1, 0.15) is 51.3 Å². The molecular formula is C16H26N2. The minimum absolute atomic E-state index is 0.504. The van der Waals surface area contributed by atoms with E-state index in [1.54, 1.807) is 0 Å². The van der Waals surface area contributed by atoms with Crippen molar-refractivity contribution >= 4 is 5.82 Å². The quantitative estimate of drug-likeness (QED) is 0.784. The molecule has 0 saturated carbocycles. The van der Waals surface area contributed by atoms with E-state index >= 15 is 0 Å². The van der Waals surface area contributed by atoms with Crippen molar-refractivity contribution in [2.45, 2.75) is 47.0 Å². The summed E-state index contributed by atoms with van der Waals surface area (Å²) in [6, 6.07) is 4.41. The lowest BCUT2D eigenvalue weighted by molar-refractivity contribution is 0.355. The maximum atomic E-state index is 4.89. The van der Waals surface area contributed by atoms with Gasteiger partial charge in [-0.15, -0.1) is 0 Å². The molecule has 1 aliphatic heterocycles. The van der Waals surface area contributed by atoms with Crippen LogP contribution in [0.5, 0.6) is 0 Å². The highest BCUT2D eigenvalue weighted by molar-refractivity contribution is 5.43. The lowest BCUT2D eigenvalue weighted by atomic mass is 9.92. The first-order valence-electron chi connectivity index (χ1n) is 7.20. The topological polar surface area (TPSA) is 16.1 Å². The minimum Gasteiger partial charge on any atom is -0.356 e. The van der Waals surface area contributed by atoms with Gasteiger partial charge in [-0.25, -0.2) is 4.98 Å². The molecule has 1 aromatic rings. The van der Waals surface area contributed by atoms with Gasteiger partial charge in [0, 0.05) is 18.8 Å². The lowest BCUT2D eigenvalue weighted by Gasteiger charge is -2.36. The van der Waals surface area contributed by atoms with Crippen LogP contribution in [0.25, 0.3) is 0 Å². The van der Waals surface area contributed by atoms with E-state index in [9.17, 15) is 0 Å². The zero-order valence-corrected chi connectivity index (χ0v) is 12.4. The Morgan fingerprint density at radius 1 is 1.17 bits per heavy atom. The number of piperidine rings is 1. The molecule has 1 aromatic heterocycles. The van der Waals surface area contributed by atoms with Gasteiger partial charge in [0.1, 0.15) is 5.82 Å². The summed E-state index contributed by atoms with van der Waals surface area (Å²) >= 11 is 0. The van der Waals surface area contributed by atoms with Gasteiger partial charge in [0.2, 0.25) is 0 Å². The van der Waals surface area contributed by atoms with Crippen LogP contribution in [-0.4, -0.2) is 18.1 Å². The predicted octanol–water partition coefficient (Wildman–Crippen LogP) is 4.00. The van der Waals surface area contributed by atoms with Gasteiger partial charge in [0.25, 0.3) is 0 Å². The van der Waals surface area contributed by atoms with Crippen LogP contribution in [0.4, 0.5) is 5.82 Å². The van der Waals surface area contributed by atoms with E-state index in [4.69, 9.17) is 4.98 Å². The summed E-state index contributed by atoms with van der Waals surface area (Å²) in [6.07, 6.45) is 1.35. The van der Waals surface area contributed by atoms with Crippen molar-refractivity contribution in [2.24, 2.45) is 11.8 Å². The molecule has 0 aromatic carbocycles. The highest BCUT2D eigenvalue weighted by atomic mass is 15.2. The summed E-state index contributed by atoms with van der Waals surface area (Å²) in [6.45, 7) is 13.6. The van der Waals surface area contributed by atoms with E-state index < -0.39 is 0 Å². The number of aromatic nitrogens is 1. The van der Waals surface area contributed by atoms with E-state index in [1.807, 2.05) is 0 Å². The van der Waals surface area contributed by atoms with Gasteiger partial charge in [-0.05, 0) is 42.7 Å². The Morgan fingerprint density at radius 3 is 2.33 bits per heavy atom. The molecule has 1 fully saturated rings. The Morgan fingerprint density at radius 2 is 1.78 bits per heavy atom. The number of anilines is 1. The van der Waals surface area contributed by atoms with Crippen molar-refractivity contribution in [3.8, 4) is 0 Å². The third-order valence-electron chi connectivity index (χ3n) is 3.86. The second-order valence-corrected chi connectivity index (χ2v) is 6.38. The fourth-order valence-electron chi connectivity index (χ4n) is 3.14. The summed E-state index contributed by atoms with van der Waals surface area (Å²) in [5, 5.41) is 0. The molecule has 1 aliphatic rings. The zero-order valence-electron chi connectivity index (χ0n) is 12.4. The van der Waals surface area contributed by atoms with Crippen molar-refractivity contribution in [1.82, 2.24) is 4.98 Å². The third kappa shape index (κ3) is 2.85. The van der Waals surface area contributed by atoms with Crippen LogP contribution in [0.15, 0.2) is 12.1 Å². The first-order valence-corrected chi connectivity index (χ1v) is 7.20. The maximum absolute atomic E-state index is 4.89. The Bertz CT molecular complexity index is 402. The second kappa shape index (κ2) is 5.29. The van der Waals surface area contributed by atoms with Crippen molar-refractivity contribution in [1.29, 1.82) is 0 Å². The number of rotatable bonds is 2. The Labute approximate surface area is 111 Å². The van der Waals surface area contributed by atoms with Crippen LogP contribution < -0.4 is 4.90 Å². The smallest absolute Gasteiger partial charge is 0.128 e. The number of hydrogen-bond acceptors (Lipinski definition) is 2. The molecule has 100 valence electrons. The molecule has 2 heteroatoms. The fourth-order valence-corrected chi connectivity index (χ4v) is 3.14. The van der Waals surface area contributed by atoms with Gasteiger partial charge in [-0.3, -0.25) is 0 Å². The Kier molecular flexibility index (Phi) is 3.94. The average molecular weight is 246 g/mol. The molecular weight excluding hydrogens is 220 g/mol. The van der Waals surface area contributed by atoms with Crippen molar-refractivity contribution in [3.05, 3.63) is 23.4 Å². The molecule has 2 nitrogen and oxygen atoms in total. The molecule has 18 heavy (non-hydrogen) atoms. The minimum atomic E-state index is 0.504. The van der Waals surface area contributed by atoms with Crippen LogP contribution in [0, 0.1) is 18.8 Å². The number of hydrogen-bond donors (Lipinski definition) is 0. The monoisotopic (exact) mass is 246 g/mol. The normalized spacial score (nSPS) is 24.7. The lowest BCUT2D eigenvalue weighted by Crippen LogP contribution is -2.39. The van der Waals surface area contributed by atoms with E-state index in [2.05, 4.69) is 51.7 Å². The van der Waals surface area contributed by atoms with Gasteiger partial charge >= 0.3 is 0 Å². The Balaban J connectivity index is 2.25. The van der Waals surface area contributed by atoms with Gasteiger partial charge < -0.3 is 4.90 Å². The van der Waals surface area contributed by atoms with Gasteiger partial charge in [0.05, 0.1) is 0 Å². The van der Waals surface area contributed by atoms with Gasteiger partial charge in [-0.1, -0.05) is 33.8 Å². The molecule has 0 unspecified atom stereocenters. The molecule has 2 atom stereocenters. The van der Waals surface area contributed by atoms with E-state index in [0.29, 0.717) is 5.92 Å². The second-order valence-electron chi connectivity index (χ2n) is 6.38. The van der Waals surface area contributed by atoms with Crippen LogP contribution in [-0.2, 0) is 0 Å². The van der Waals surface area contributed by atoms with E-state index in [1.165, 1.54) is 23.5 Å². The highest BCUT2D eigenvalue weighted by Gasteiger charge is 2.23. The molecule has 0 bridgehead atoms. The van der Waals surface area contributed by atoms with Crippen molar-refractivity contribution in [3.63, 3.8) is 0 Å². The first-order chi connectivity index (χ1) is 8.47. The number of pyridine rings is 1. The molecule has 1 saturated heterocycles. The van der Waals surface area contributed by atoms with Crippen LogP contribution in [0.2, 0.25) is 0 Å². The third-order valence-corrected chi connectivity index (χ3v) is 3.86. The standard InChI is InChI=1S/C16H26N2/c1-11(2)16-14(5)6-7-15(17-16)18-9-12(3)8-13(4)10-18/h6-7,11-13H,8-10H2,1-5H3/t12-,13+. The average Bonchev–Trinajstić information content (AvgIpc) is 2.27. The largest absolute Gasteiger partial charge is 0.356 e. The van der Waals surface area contributed by atoms with Gasteiger partial charge in [0.15, 0.2) is 0 Å². The summed E-state index contributed by atoms with van der Waals surface area (Å²) in [5.41, 5.74) is 2.56. The van der Waals surface area contributed by atoms with E-state index in [-0.39, 0.29) is 0 Å². The maximum Gasteiger partial charge on any atom is 0.128 e. The molecule has 2 heterocycles. The van der Waals surface area contributed by atoms with Crippen LogP contribution in [0.3, 0.4) is 0 Å². The predicted molar refractivity (Wildman–Crippen MR) is 78.2 cm³/mol. The van der Waals surface area contributed by atoms with E-state index in [0.717, 1.165) is 24.9 Å². The van der Waals surface area contributed by atoms with Crippen LogP contribution >= 0.6 is 0 Å². The number of aryl methyl sites for hydroxylation is 1. The Hall–Kier alpha value is -1.05. The fraction of sp³-hybridized carbons (Fsp3) is 0.688. The first kappa shape index (κ1) is 13.4. The molecule has 0 N–H and O–H groups in total. The molecule has 0 aliphatic carbocycles. The molecule has 0 amide bonds. The summed E-state index contributed by atoms with van der Waals surface area (Å²) in [7, 11) is 0. The highest BCUT2D eigenvalue weighted by Crippen LogP contribution is 2.27. The summed E-state index contributed by atoms with van der Waals surface area (Å²) < 4.78 is 0. The zero-order chi connectivity index (χ0) is 13.3. The summed E-state index contributed by atoms with van der Waals surface area (Å²) in [5.74, 6) is 3.23. The number of nitrogens with zero attached hydrogens (tertiary/aromatic N) is 2. The van der Waals surface area contributed by atoms with Crippen molar-refractivity contribution in [2.75, 3.05) is 18.0 Å². The molecule has 0 radical (unpaired) electrons. The molecule has 2 rings (SSSR count). The van der Waals surface area contributed by atoms with Crippen molar-refractivity contribution < 1.29 is 0 Å².